The van der Waals surface area contributed by atoms with E-state index in [1.54, 1.807) is 0 Å². The van der Waals surface area contributed by atoms with Gasteiger partial charge in [-0.15, -0.1) is 0 Å². The summed E-state index contributed by atoms with van der Waals surface area (Å²) in [5.41, 5.74) is 0. The largest absolute Gasteiger partial charge is 0.427 e. The van der Waals surface area contributed by atoms with Crippen LogP contribution in [0.15, 0.2) is 0 Å². The Bertz CT molecular complexity index is 285. The minimum Gasteiger partial charge on any atom is -0.427 e. The molecular formula is C7H6Br2O8. The summed E-state index contributed by atoms with van der Waals surface area (Å²) in [7, 11) is 0. The number of carbonyl (C=O) groups is 4. The van der Waals surface area contributed by atoms with Crippen molar-refractivity contribution in [3.8, 4) is 0 Å². The average Bonchev–Trinajstić information content (AvgIpc) is 2.15. The van der Waals surface area contributed by atoms with Gasteiger partial charge in [0.1, 0.15) is 6.42 Å². The second-order valence-corrected chi connectivity index (χ2v) is 3.50. The van der Waals surface area contributed by atoms with Crippen molar-refractivity contribution < 1.29 is 38.1 Å². The molecule has 0 bridgehead atoms. The Morgan fingerprint density at radius 3 is 1.35 bits per heavy atom. The number of ether oxygens (including phenoxy) is 4. The van der Waals surface area contributed by atoms with Gasteiger partial charge < -0.3 is 18.9 Å². The third-order valence-electron chi connectivity index (χ3n) is 1.07. The van der Waals surface area contributed by atoms with Crippen LogP contribution in [0.2, 0.25) is 0 Å². The van der Waals surface area contributed by atoms with E-state index in [0.717, 1.165) is 0 Å². The van der Waals surface area contributed by atoms with Crippen molar-refractivity contribution in [2.45, 2.75) is 6.42 Å². The number of carbonyl (C=O) groups excluding carboxylic acids is 4. The van der Waals surface area contributed by atoms with Crippen molar-refractivity contribution in [2.75, 3.05) is 13.6 Å². The Hall–Kier alpha value is -1.16. The number of halogens is 2. The van der Waals surface area contributed by atoms with Gasteiger partial charge in [-0.1, -0.05) is 0 Å². The molecular weight excluding hydrogens is 372 g/mol. The Morgan fingerprint density at radius 1 is 0.706 bits per heavy atom. The van der Waals surface area contributed by atoms with Gasteiger partial charge in [0.05, 0.1) is 0 Å². The van der Waals surface area contributed by atoms with Gasteiger partial charge in [-0.3, -0.25) is 9.59 Å². The first-order chi connectivity index (χ1) is 7.91. The van der Waals surface area contributed by atoms with E-state index in [2.05, 4.69) is 50.8 Å². The maximum atomic E-state index is 10.9. The molecule has 0 aromatic carbocycles. The zero-order chi connectivity index (χ0) is 13.3. The van der Waals surface area contributed by atoms with Gasteiger partial charge in [0.2, 0.25) is 13.6 Å². The third kappa shape index (κ3) is 11.1. The maximum absolute atomic E-state index is 10.9. The summed E-state index contributed by atoms with van der Waals surface area (Å²) in [5.74, 6) is -1.90. The van der Waals surface area contributed by atoms with Crippen molar-refractivity contribution in [1.82, 2.24) is 0 Å². The molecule has 0 saturated carbocycles. The highest BCUT2D eigenvalue weighted by atomic mass is 79.9. The van der Waals surface area contributed by atoms with Crippen LogP contribution < -0.4 is 0 Å². The predicted octanol–water partition coefficient (Wildman–Crippen LogP) is 1.44. The number of hydrogen-bond acceptors (Lipinski definition) is 8. The molecule has 0 N–H and O–H groups in total. The first-order valence-corrected chi connectivity index (χ1v) is 5.46. The highest BCUT2D eigenvalue weighted by Gasteiger charge is 2.13. The van der Waals surface area contributed by atoms with Crippen LogP contribution in [-0.2, 0) is 28.5 Å². The maximum Gasteiger partial charge on any atom is 0.377 e. The molecule has 0 aliphatic heterocycles. The molecule has 0 radical (unpaired) electrons. The second kappa shape index (κ2) is 8.93. The molecule has 0 aromatic rings. The van der Waals surface area contributed by atoms with Crippen LogP contribution in [0.1, 0.15) is 6.42 Å². The smallest absolute Gasteiger partial charge is 0.377 e. The molecule has 0 heterocycles. The van der Waals surface area contributed by atoms with E-state index in [0.29, 0.717) is 0 Å². The first-order valence-electron chi connectivity index (χ1n) is 3.87. The molecule has 96 valence electrons. The molecule has 10 heteroatoms. The van der Waals surface area contributed by atoms with Crippen molar-refractivity contribution in [2.24, 2.45) is 0 Å². The highest BCUT2D eigenvalue weighted by Crippen LogP contribution is 1.96. The van der Waals surface area contributed by atoms with Gasteiger partial charge in [0.25, 0.3) is 0 Å². The van der Waals surface area contributed by atoms with Crippen molar-refractivity contribution in [3.63, 3.8) is 0 Å². The fourth-order valence-corrected chi connectivity index (χ4v) is 0.690. The first kappa shape index (κ1) is 15.8. The van der Waals surface area contributed by atoms with E-state index in [9.17, 15) is 19.2 Å². The van der Waals surface area contributed by atoms with E-state index in [1.165, 1.54) is 0 Å². The summed E-state index contributed by atoms with van der Waals surface area (Å²) in [6, 6.07) is 0. The van der Waals surface area contributed by atoms with Gasteiger partial charge in [-0.2, -0.15) is 0 Å². The molecule has 0 fully saturated rings. The Labute approximate surface area is 112 Å². The van der Waals surface area contributed by atoms with Crippen molar-refractivity contribution >= 4 is 53.6 Å². The van der Waals surface area contributed by atoms with Crippen LogP contribution >= 0.6 is 31.9 Å². The predicted molar refractivity (Wildman–Crippen MR) is 57.4 cm³/mol. The molecule has 0 aliphatic rings. The summed E-state index contributed by atoms with van der Waals surface area (Å²) in [5, 5.41) is 0. The molecule has 0 aromatic heterocycles. The van der Waals surface area contributed by atoms with Crippen LogP contribution in [0.4, 0.5) is 9.59 Å². The average molecular weight is 378 g/mol. The normalized spacial score (nSPS) is 9.06. The highest BCUT2D eigenvalue weighted by molar-refractivity contribution is 9.18. The van der Waals surface area contributed by atoms with Gasteiger partial charge in [0.15, 0.2) is 0 Å². The Morgan fingerprint density at radius 2 is 1.06 bits per heavy atom. The van der Waals surface area contributed by atoms with Crippen LogP contribution in [0, 0.1) is 0 Å². The minimum absolute atomic E-state index is 0.618. The summed E-state index contributed by atoms with van der Waals surface area (Å²) >= 11 is 4.85. The van der Waals surface area contributed by atoms with E-state index >= 15 is 0 Å². The van der Waals surface area contributed by atoms with Crippen molar-refractivity contribution in [3.05, 3.63) is 0 Å². The zero-order valence-corrected chi connectivity index (χ0v) is 11.3. The van der Waals surface area contributed by atoms with Gasteiger partial charge in [-0.05, 0) is 0 Å². The lowest BCUT2D eigenvalue weighted by atomic mass is 10.4. The molecule has 0 atom stereocenters. The second-order valence-electron chi connectivity index (χ2n) is 2.21. The molecule has 0 saturated heterocycles. The molecule has 0 rings (SSSR count). The Kier molecular flexibility index (Phi) is 8.32. The van der Waals surface area contributed by atoms with Crippen LogP contribution in [-0.4, -0.2) is 35.3 Å². The summed E-state index contributed by atoms with van der Waals surface area (Å²) in [4.78, 5) is 40.6. The summed E-state index contributed by atoms with van der Waals surface area (Å²) in [6.45, 7) is -1.24. The van der Waals surface area contributed by atoms with E-state index in [-0.39, 0.29) is 0 Å². The van der Waals surface area contributed by atoms with Crippen molar-refractivity contribution in [1.29, 1.82) is 0 Å². The zero-order valence-electron chi connectivity index (χ0n) is 8.14. The molecule has 0 aliphatic carbocycles. The van der Waals surface area contributed by atoms with E-state index in [4.69, 9.17) is 0 Å². The van der Waals surface area contributed by atoms with Crippen LogP contribution in [0.5, 0.6) is 0 Å². The quantitative estimate of drug-likeness (QED) is 0.296. The lowest BCUT2D eigenvalue weighted by molar-refractivity contribution is -0.162. The number of rotatable bonds is 6. The van der Waals surface area contributed by atoms with Gasteiger partial charge >= 0.3 is 21.7 Å². The SMILES string of the molecule is O=C(Br)OCOC(=O)CC(=O)OCOC(=O)Br. The fourth-order valence-electron chi connectivity index (χ4n) is 0.503. The lowest BCUT2D eigenvalue weighted by Gasteiger charge is -2.04. The molecule has 8 nitrogen and oxygen atoms in total. The third-order valence-corrected chi connectivity index (χ3v) is 1.53. The van der Waals surface area contributed by atoms with Crippen LogP contribution in [0.3, 0.4) is 0 Å². The number of esters is 2. The molecule has 0 spiro atoms. The fraction of sp³-hybridized carbons (Fsp3) is 0.429. The Balaban J connectivity index is 3.62. The summed E-state index contributed by atoms with van der Waals surface area (Å²) in [6.07, 6.45) is -0.695. The van der Waals surface area contributed by atoms with Crippen LogP contribution in [0.25, 0.3) is 0 Å². The topological polar surface area (TPSA) is 105 Å². The van der Waals surface area contributed by atoms with Gasteiger partial charge in [0, 0.05) is 31.9 Å². The molecule has 0 unspecified atom stereocenters. The lowest BCUT2D eigenvalue weighted by Crippen LogP contribution is -2.17. The molecule has 0 amide bonds. The molecule has 17 heavy (non-hydrogen) atoms. The minimum atomic E-state index is -0.950. The number of hydrogen-bond donors (Lipinski definition) is 0. The van der Waals surface area contributed by atoms with Gasteiger partial charge in [-0.25, -0.2) is 9.59 Å². The van der Waals surface area contributed by atoms with E-state index in [1.807, 2.05) is 0 Å². The van der Waals surface area contributed by atoms with E-state index < -0.39 is 41.7 Å². The monoisotopic (exact) mass is 376 g/mol. The summed E-state index contributed by atoms with van der Waals surface area (Å²) < 4.78 is 17.1. The standard InChI is InChI=1S/C7H6Br2O8/c8-6(12)16-2-14-4(10)1-5(11)15-3-17-7(9)13/h1-3H2.